The number of hydrogen-bond donors (Lipinski definition) is 2. The molecule has 0 aromatic rings. The molecule has 0 saturated heterocycles. The number of hydrogen-bond acceptors (Lipinski definition) is 4. The first-order chi connectivity index (χ1) is 8.37. The molecule has 0 aliphatic heterocycles. The van der Waals surface area contributed by atoms with Gasteiger partial charge in [0.2, 0.25) is 5.91 Å². The molecule has 0 spiro atoms. The third-order valence-corrected chi connectivity index (χ3v) is 4.28. The van der Waals surface area contributed by atoms with Crippen LogP contribution in [0.4, 0.5) is 0 Å². The molecule has 1 amide bonds. The van der Waals surface area contributed by atoms with Crippen LogP contribution in [0.3, 0.4) is 0 Å². The molecule has 5 nitrogen and oxygen atoms in total. The highest BCUT2D eigenvalue weighted by molar-refractivity contribution is 7.91. The third-order valence-electron chi connectivity index (χ3n) is 2.49. The Morgan fingerprint density at radius 1 is 1.22 bits per heavy atom. The van der Waals surface area contributed by atoms with E-state index < -0.39 is 9.84 Å². The van der Waals surface area contributed by atoms with Crippen LogP contribution in [-0.2, 0) is 14.6 Å². The normalized spacial score (nSPS) is 11.8. The highest BCUT2D eigenvalue weighted by Crippen LogP contribution is 1.92. The Balaban J connectivity index is 3.43. The molecule has 0 aliphatic rings. The predicted molar refractivity (Wildman–Crippen MR) is 74.3 cm³/mol. The monoisotopic (exact) mass is 278 g/mol. The minimum absolute atomic E-state index is 0.0392. The highest BCUT2D eigenvalue weighted by Gasteiger charge is 2.06. The van der Waals surface area contributed by atoms with Gasteiger partial charge in [0, 0.05) is 25.3 Å². The molecule has 0 aliphatic carbocycles. The molecule has 0 saturated carbocycles. The van der Waals surface area contributed by atoms with E-state index in [9.17, 15) is 13.2 Å². The van der Waals surface area contributed by atoms with Gasteiger partial charge in [0.05, 0.1) is 5.75 Å². The molecule has 2 N–H and O–H groups in total. The molecule has 108 valence electrons. The van der Waals surface area contributed by atoms with Crippen LogP contribution in [0.1, 0.15) is 33.6 Å². The second kappa shape index (κ2) is 9.33. The van der Waals surface area contributed by atoms with E-state index in [1.807, 2.05) is 13.8 Å². The quantitative estimate of drug-likeness (QED) is 0.573. The Kier molecular flexibility index (Phi) is 9.01. The van der Waals surface area contributed by atoms with Crippen molar-refractivity contribution in [2.75, 3.05) is 31.1 Å². The van der Waals surface area contributed by atoms with Gasteiger partial charge < -0.3 is 10.6 Å². The van der Waals surface area contributed by atoms with Crippen molar-refractivity contribution in [2.45, 2.75) is 33.6 Å². The number of sulfone groups is 1. The van der Waals surface area contributed by atoms with Gasteiger partial charge in [-0.1, -0.05) is 20.8 Å². The van der Waals surface area contributed by atoms with E-state index in [2.05, 4.69) is 10.6 Å². The van der Waals surface area contributed by atoms with Crippen molar-refractivity contribution >= 4 is 15.7 Å². The van der Waals surface area contributed by atoms with Crippen molar-refractivity contribution < 1.29 is 13.2 Å². The number of nitrogens with one attached hydrogen (secondary N) is 2. The fourth-order valence-corrected chi connectivity index (χ4v) is 2.17. The van der Waals surface area contributed by atoms with Crippen molar-refractivity contribution in [1.29, 1.82) is 0 Å². The Morgan fingerprint density at radius 3 is 2.44 bits per heavy atom. The van der Waals surface area contributed by atoms with Gasteiger partial charge in [-0.15, -0.1) is 0 Å². The van der Waals surface area contributed by atoms with Crippen LogP contribution in [0.2, 0.25) is 0 Å². The minimum atomic E-state index is -2.86. The molecule has 18 heavy (non-hydrogen) atoms. The first-order valence-corrected chi connectivity index (χ1v) is 8.37. The van der Waals surface area contributed by atoms with Crippen molar-refractivity contribution in [3.05, 3.63) is 0 Å². The maximum Gasteiger partial charge on any atom is 0.221 e. The van der Waals surface area contributed by atoms with Crippen molar-refractivity contribution in [1.82, 2.24) is 10.6 Å². The number of carbonyl (C=O) groups is 1. The maximum absolute atomic E-state index is 11.3. The van der Waals surface area contributed by atoms with Crippen molar-refractivity contribution in [3.63, 3.8) is 0 Å². The van der Waals surface area contributed by atoms with E-state index >= 15 is 0 Å². The van der Waals surface area contributed by atoms with Gasteiger partial charge in [0.1, 0.15) is 9.84 Å². The number of amides is 1. The first kappa shape index (κ1) is 17.4. The van der Waals surface area contributed by atoms with Gasteiger partial charge in [-0.2, -0.15) is 0 Å². The SMILES string of the molecule is CCS(=O)(=O)CCCNCCC(=O)NCC(C)C. The van der Waals surface area contributed by atoms with Crippen LogP contribution in [0, 0.1) is 5.92 Å². The average molecular weight is 278 g/mol. The molecule has 0 aromatic heterocycles. The van der Waals surface area contributed by atoms with Crippen molar-refractivity contribution in [2.24, 2.45) is 5.92 Å². The molecule has 0 bridgehead atoms. The summed E-state index contributed by atoms with van der Waals surface area (Å²) < 4.78 is 22.4. The highest BCUT2D eigenvalue weighted by atomic mass is 32.2. The van der Waals surface area contributed by atoms with Gasteiger partial charge in [-0.3, -0.25) is 4.79 Å². The van der Waals surface area contributed by atoms with Gasteiger partial charge in [0.15, 0.2) is 0 Å². The summed E-state index contributed by atoms with van der Waals surface area (Å²) in [5.74, 6) is 0.916. The Bertz CT molecular complexity index is 326. The number of rotatable bonds is 10. The standard InChI is InChI=1S/C12H26N2O3S/c1-4-18(16,17)9-5-7-13-8-6-12(15)14-10-11(2)3/h11,13H,4-10H2,1-3H3,(H,14,15). The molecule has 0 aromatic carbocycles. The molecule has 0 heterocycles. The smallest absolute Gasteiger partial charge is 0.221 e. The van der Waals surface area contributed by atoms with E-state index in [1.165, 1.54) is 0 Å². The van der Waals surface area contributed by atoms with Crippen LogP contribution in [0.25, 0.3) is 0 Å². The first-order valence-electron chi connectivity index (χ1n) is 6.55. The number of carbonyl (C=O) groups excluding carboxylic acids is 1. The summed E-state index contributed by atoms with van der Waals surface area (Å²) in [5.41, 5.74) is 0. The molecular formula is C12H26N2O3S. The zero-order chi connectivity index (χ0) is 14.0. The summed E-state index contributed by atoms with van der Waals surface area (Å²) in [6.45, 7) is 7.68. The summed E-state index contributed by atoms with van der Waals surface area (Å²) in [6, 6.07) is 0. The van der Waals surface area contributed by atoms with E-state index in [4.69, 9.17) is 0 Å². The molecule has 0 atom stereocenters. The lowest BCUT2D eigenvalue weighted by atomic mass is 10.2. The maximum atomic E-state index is 11.3. The van der Waals surface area contributed by atoms with E-state index in [0.717, 1.165) is 0 Å². The molecular weight excluding hydrogens is 252 g/mol. The zero-order valence-corrected chi connectivity index (χ0v) is 12.5. The van der Waals surface area contributed by atoms with E-state index in [0.29, 0.717) is 38.4 Å². The summed E-state index contributed by atoms with van der Waals surface area (Å²) in [4.78, 5) is 11.3. The zero-order valence-electron chi connectivity index (χ0n) is 11.7. The Hall–Kier alpha value is -0.620. The van der Waals surface area contributed by atoms with E-state index in [-0.39, 0.29) is 17.4 Å². The van der Waals surface area contributed by atoms with E-state index in [1.54, 1.807) is 6.92 Å². The van der Waals surface area contributed by atoms with Gasteiger partial charge in [-0.25, -0.2) is 8.42 Å². The summed E-state index contributed by atoms with van der Waals surface area (Å²) in [7, 11) is -2.86. The van der Waals surface area contributed by atoms with Crippen LogP contribution in [0.15, 0.2) is 0 Å². The fourth-order valence-electron chi connectivity index (χ4n) is 1.29. The summed E-state index contributed by atoms with van der Waals surface area (Å²) in [5, 5.41) is 5.91. The fraction of sp³-hybridized carbons (Fsp3) is 0.917. The molecule has 0 radical (unpaired) electrons. The molecule has 0 fully saturated rings. The predicted octanol–water partition coefficient (Wildman–Crippen LogP) is 0.563. The third kappa shape index (κ3) is 10.5. The van der Waals surface area contributed by atoms with Crippen LogP contribution >= 0.6 is 0 Å². The second-order valence-electron chi connectivity index (χ2n) is 4.79. The molecule has 0 rings (SSSR count). The largest absolute Gasteiger partial charge is 0.356 e. The van der Waals surface area contributed by atoms with Crippen LogP contribution in [0.5, 0.6) is 0 Å². The van der Waals surface area contributed by atoms with Crippen LogP contribution < -0.4 is 10.6 Å². The van der Waals surface area contributed by atoms with Crippen molar-refractivity contribution in [3.8, 4) is 0 Å². The molecule has 0 unspecified atom stereocenters. The summed E-state index contributed by atoms with van der Waals surface area (Å²) in [6.07, 6.45) is 1.04. The minimum Gasteiger partial charge on any atom is -0.356 e. The second-order valence-corrected chi connectivity index (χ2v) is 7.26. The average Bonchev–Trinajstić information content (AvgIpc) is 2.31. The van der Waals surface area contributed by atoms with Gasteiger partial charge in [-0.05, 0) is 18.9 Å². The topological polar surface area (TPSA) is 75.3 Å². The Labute approximate surface area is 111 Å². The summed E-state index contributed by atoms with van der Waals surface area (Å²) >= 11 is 0. The van der Waals surface area contributed by atoms with Crippen LogP contribution in [-0.4, -0.2) is 45.5 Å². The lowest BCUT2D eigenvalue weighted by Crippen LogP contribution is -2.30. The lowest BCUT2D eigenvalue weighted by Gasteiger charge is -2.08. The van der Waals surface area contributed by atoms with Gasteiger partial charge in [0.25, 0.3) is 0 Å². The Morgan fingerprint density at radius 2 is 1.89 bits per heavy atom. The molecule has 6 heteroatoms. The van der Waals surface area contributed by atoms with Gasteiger partial charge >= 0.3 is 0 Å². The lowest BCUT2D eigenvalue weighted by molar-refractivity contribution is -0.121.